The zero-order chi connectivity index (χ0) is 15.2. The van der Waals surface area contributed by atoms with Crippen molar-refractivity contribution in [1.29, 1.82) is 0 Å². The summed E-state index contributed by atoms with van der Waals surface area (Å²) in [4.78, 5) is 14.2. The van der Waals surface area contributed by atoms with E-state index in [1.54, 1.807) is 13.0 Å². The summed E-state index contributed by atoms with van der Waals surface area (Å²) < 4.78 is 5.02. The first-order valence-electron chi connectivity index (χ1n) is 7.63. The van der Waals surface area contributed by atoms with E-state index in [-0.39, 0.29) is 5.97 Å². The molecule has 21 heavy (non-hydrogen) atoms. The number of para-hydroxylation sites is 1. The number of carbonyl (C=O) groups is 1. The molecule has 2 rings (SSSR count). The summed E-state index contributed by atoms with van der Waals surface area (Å²) >= 11 is 0. The van der Waals surface area contributed by atoms with Gasteiger partial charge in [-0.05, 0) is 45.5 Å². The molecule has 1 heterocycles. The van der Waals surface area contributed by atoms with Crippen molar-refractivity contribution in [3.8, 4) is 0 Å². The molecule has 0 spiro atoms. The van der Waals surface area contributed by atoms with Gasteiger partial charge < -0.3 is 20.7 Å². The number of nitrogen functional groups attached to an aromatic ring is 1. The predicted molar refractivity (Wildman–Crippen MR) is 85.6 cm³/mol. The molecule has 1 saturated heterocycles. The molecule has 1 unspecified atom stereocenters. The van der Waals surface area contributed by atoms with Crippen LogP contribution in [0, 0.1) is 0 Å². The average molecular weight is 291 g/mol. The average Bonchev–Trinajstić information content (AvgIpc) is 2.48. The number of nitrogens with zero attached hydrogens (tertiary/aromatic N) is 1. The van der Waals surface area contributed by atoms with E-state index in [9.17, 15) is 4.79 Å². The van der Waals surface area contributed by atoms with Gasteiger partial charge in [-0.1, -0.05) is 12.5 Å². The number of hydrogen-bond donors (Lipinski definition) is 2. The Morgan fingerprint density at radius 1 is 1.48 bits per heavy atom. The monoisotopic (exact) mass is 291 g/mol. The number of piperidine rings is 1. The number of rotatable bonds is 5. The van der Waals surface area contributed by atoms with Crippen molar-refractivity contribution in [3.05, 3.63) is 23.8 Å². The van der Waals surface area contributed by atoms with Gasteiger partial charge in [-0.3, -0.25) is 0 Å². The molecule has 0 radical (unpaired) electrons. The number of nitrogens with two attached hydrogens (primary N) is 1. The lowest BCUT2D eigenvalue weighted by molar-refractivity contribution is 0.0527. The van der Waals surface area contributed by atoms with E-state index in [0.717, 1.165) is 18.8 Å². The minimum absolute atomic E-state index is 0.350. The van der Waals surface area contributed by atoms with Gasteiger partial charge >= 0.3 is 5.97 Å². The third-order valence-electron chi connectivity index (χ3n) is 4.05. The van der Waals surface area contributed by atoms with E-state index in [2.05, 4.69) is 17.3 Å². The van der Waals surface area contributed by atoms with Gasteiger partial charge in [0.15, 0.2) is 0 Å². The summed E-state index contributed by atoms with van der Waals surface area (Å²) in [5, 5.41) is 3.38. The maximum absolute atomic E-state index is 11.8. The van der Waals surface area contributed by atoms with E-state index >= 15 is 0 Å². The third-order valence-corrected chi connectivity index (χ3v) is 4.05. The van der Waals surface area contributed by atoms with Gasteiger partial charge in [0.25, 0.3) is 0 Å². The number of hydrogen-bond acceptors (Lipinski definition) is 5. The summed E-state index contributed by atoms with van der Waals surface area (Å²) in [6.07, 6.45) is 3.74. The minimum atomic E-state index is -0.367. The number of likely N-dealkylation sites (tertiary alicyclic amines) is 1. The van der Waals surface area contributed by atoms with E-state index in [1.165, 1.54) is 19.3 Å². The quantitative estimate of drug-likeness (QED) is 0.644. The molecule has 5 heteroatoms. The van der Waals surface area contributed by atoms with Crippen LogP contribution in [-0.4, -0.2) is 43.7 Å². The molecule has 3 N–H and O–H groups in total. The zero-order valence-electron chi connectivity index (χ0n) is 12.9. The first kappa shape index (κ1) is 15.6. The van der Waals surface area contributed by atoms with Gasteiger partial charge in [0.05, 0.1) is 23.5 Å². The van der Waals surface area contributed by atoms with E-state index < -0.39 is 0 Å². The Morgan fingerprint density at radius 3 is 3.00 bits per heavy atom. The molecule has 1 aromatic carbocycles. The van der Waals surface area contributed by atoms with Gasteiger partial charge in [-0.2, -0.15) is 0 Å². The Balaban J connectivity index is 2.03. The molecular formula is C16H25N3O2. The maximum Gasteiger partial charge on any atom is 0.340 e. The van der Waals surface area contributed by atoms with Crippen LogP contribution in [-0.2, 0) is 4.74 Å². The van der Waals surface area contributed by atoms with Crippen LogP contribution in [0.3, 0.4) is 0 Å². The van der Waals surface area contributed by atoms with Crippen molar-refractivity contribution in [1.82, 2.24) is 4.90 Å². The highest BCUT2D eigenvalue weighted by Crippen LogP contribution is 2.24. The SMILES string of the molecule is CCOC(=O)c1cccc(NCC2CCCCN2C)c1N. The van der Waals surface area contributed by atoms with E-state index in [0.29, 0.717) is 23.9 Å². The number of nitrogens with one attached hydrogen (secondary N) is 1. The van der Waals surface area contributed by atoms with Gasteiger partial charge in [0.2, 0.25) is 0 Å². The van der Waals surface area contributed by atoms with Crippen LogP contribution < -0.4 is 11.1 Å². The van der Waals surface area contributed by atoms with Crippen molar-refractivity contribution >= 4 is 17.3 Å². The van der Waals surface area contributed by atoms with Crippen LogP contribution in [0.25, 0.3) is 0 Å². The molecule has 116 valence electrons. The summed E-state index contributed by atoms with van der Waals surface area (Å²) in [5.41, 5.74) is 7.79. The molecule has 0 amide bonds. The van der Waals surface area contributed by atoms with E-state index in [4.69, 9.17) is 10.5 Å². The summed E-state index contributed by atoms with van der Waals surface area (Å²) in [6, 6.07) is 5.95. The summed E-state index contributed by atoms with van der Waals surface area (Å²) in [7, 11) is 2.16. The topological polar surface area (TPSA) is 67.6 Å². The first-order valence-corrected chi connectivity index (χ1v) is 7.63. The van der Waals surface area contributed by atoms with Crippen LogP contribution in [0.5, 0.6) is 0 Å². The lowest BCUT2D eigenvalue weighted by atomic mass is 10.0. The molecule has 0 bridgehead atoms. The number of carbonyl (C=O) groups excluding carboxylic acids is 1. The van der Waals surface area contributed by atoms with Gasteiger partial charge in [0, 0.05) is 12.6 Å². The van der Waals surface area contributed by atoms with Gasteiger partial charge in [-0.15, -0.1) is 0 Å². The number of benzene rings is 1. The molecule has 1 aliphatic rings. The number of esters is 1. The Hall–Kier alpha value is -1.75. The second-order valence-electron chi connectivity index (χ2n) is 5.50. The fourth-order valence-electron chi connectivity index (χ4n) is 2.74. The first-order chi connectivity index (χ1) is 10.1. The van der Waals surface area contributed by atoms with Crippen molar-refractivity contribution in [2.24, 2.45) is 0 Å². The fraction of sp³-hybridized carbons (Fsp3) is 0.562. The Labute approximate surface area is 126 Å². The maximum atomic E-state index is 11.8. The van der Waals surface area contributed by atoms with Crippen LogP contribution in [0.4, 0.5) is 11.4 Å². The van der Waals surface area contributed by atoms with Crippen LogP contribution in [0.15, 0.2) is 18.2 Å². The highest BCUT2D eigenvalue weighted by Gasteiger charge is 2.19. The molecule has 0 aliphatic carbocycles. The summed E-state index contributed by atoms with van der Waals surface area (Å²) in [5.74, 6) is -0.367. The Kier molecular flexibility index (Phi) is 5.44. The van der Waals surface area contributed by atoms with Crippen LogP contribution in [0.2, 0.25) is 0 Å². The molecule has 1 aromatic rings. The van der Waals surface area contributed by atoms with Crippen molar-refractivity contribution in [2.75, 3.05) is 37.8 Å². The number of anilines is 2. The largest absolute Gasteiger partial charge is 0.462 e. The highest BCUT2D eigenvalue weighted by atomic mass is 16.5. The molecule has 5 nitrogen and oxygen atoms in total. The fourth-order valence-corrected chi connectivity index (χ4v) is 2.74. The minimum Gasteiger partial charge on any atom is -0.462 e. The second-order valence-corrected chi connectivity index (χ2v) is 5.50. The molecule has 1 aliphatic heterocycles. The Bertz CT molecular complexity index is 490. The third kappa shape index (κ3) is 3.88. The molecule has 0 aromatic heterocycles. The highest BCUT2D eigenvalue weighted by molar-refractivity contribution is 5.98. The van der Waals surface area contributed by atoms with Crippen molar-refractivity contribution < 1.29 is 9.53 Å². The van der Waals surface area contributed by atoms with Crippen LogP contribution in [0.1, 0.15) is 36.5 Å². The van der Waals surface area contributed by atoms with E-state index in [1.807, 2.05) is 12.1 Å². The zero-order valence-corrected chi connectivity index (χ0v) is 12.9. The van der Waals surface area contributed by atoms with Crippen molar-refractivity contribution in [3.63, 3.8) is 0 Å². The molecular weight excluding hydrogens is 266 g/mol. The predicted octanol–water partition coefficient (Wildman–Crippen LogP) is 2.34. The lowest BCUT2D eigenvalue weighted by Gasteiger charge is -2.32. The number of ether oxygens (including phenoxy) is 1. The second kappa shape index (κ2) is 7.31. The molecule has 0 saturated carbocycles. The summed E-state index contributed by atoms with van der Waals surface area (Å²) in [6.45, 7) is 4.12. The number of likely N-dealkylation sites (N-methyl/N-ethyl adjacent to an activating group) is 1. The smallest absolute Gasteiger partial charge is 0.340 e. The normalized spacial score (nSPS) is 19.2. The molecule has 1 fully saturated rings. The molecule has 1 atom stereocenters. The van der Waals surface area contributed by atoms with Crippen LogP contribution >= 0.6 is 0 Å². The van der Waals surface area contributed by atoms with Crippen molar-refractivity contribution in [2.45, 2.75) is 32.2 Å². The lowest BCUT2D eigenvalue weighted by Crippen LogP contribution is -2.40. The standard InChI is InChI=1S/C16H25N3O2/c1-3-21-16(20)13-8-6-9-14(15(13)17)18-11-12-7-4-5-10-19(12)2/h6,8-9,12,18H,3-5,7,10-11,17H2,1-2H3. The van der Waals surface area contributed by atoms with Gasteiger partial charge in [0.1, 0.15) is 0 Å². The van der Waals surface area contributed by atoms with Gasteiger partial charge in [-0.25, -0.2) is 4.79 Å². The Morgan fingerprint density at radius 2 is 2.29 bits per heavy atom.